The molecule has 0 bridgehead atoms. The minimum atomic E-state index is -1.83. The summed E-state index contributed by atoms with van der Waals surface area (Å²) in [5, 5.41) is 5.75. The van der Waals surface area contributed by atoms with Gasteiger partial charge in [-0.05, 0) is 80.1 Å². The minimum Gasteiger partial charge on any atom is -0.359 e. The number of aromatic nitrogens is 3. The third-order valence-electron chi connectivity index (χ3n) is 10.0. The van der Waals surface area contributed by atoms with Crippen molar-refractivity contribution in [2.75, 3.05) is 0 Å². The van der Waals surface area contributed by atoms with Gasteiger partial charge in [0.2, 0.25) is 0 Å². The molecule has 1 radical (unpaired) electrons. The molecule has 1 saturated carbocycles. The smallest absolute Gasteiger partial charge is 0.0799 e. The molecule has 0 atom stereocenters. The first-order valence-corrected chi connectivity index (χ1v) is 23.0. The molecular formula is C48H44FIrN3SSi-2. The summed E-state index contributed by atoms with van der Waals surface area (Å²) in [4.78, 5) is 13.6. The van der Waals surface area contributed by atoms with E-state index in [1.165, 1.54) is 39.4 Å². The van der Waals surface area contributed by atoms with E-state index in [1.807, 2.05) is 36.5 Å². The molecule has 0 saturated heterocycles. The SMILES string of the molecule is [2H]C([2H])(c1ccccc1)c1cc(-c2[c-]cc(F)cc2)ncc1[Si](C)(C)C.[2H]C([2H])(c1ccnc(-c2[c-]ncc3c2sc2c4ccccc4ccc32)c1)C1CCCCC1.[Ir]. The zero-order chi connectivity index (χ0) is 40.7. The van der Waals surface area contributed by atoms with Crippen molar-refractivity contribution in [1.29, 1.82) is 0 Å². The number of fused-ring (bicyclic) bond motifs is 5. The second kappa shape index (κ2) is 17.2. The molecule has 9 rings (SSSR count). The van der Waals surface area contributed by atoms with E-state index < -0.39 is 20.8 Å². The van der Waals surface area contributed by atoms with Crippen molar-refractivity contribution in [1.82, 2.24) is 15.0 Å². The fraction of sp³-hybridized carbons (Fsp3) is 0.229. The fourth-order valence-corrected chi connectivity index (χ4v) is 9.94. The molecule has 0 amide bonds. The number of pyridine rings is 3. The Morgan fingerprint density at radius 2 is 1.58 bits per heavy atom. The summed E-state index contributed by atoms with van der Waals surface area (Å²) >= 11 is 1.75. The molecule has 0 N–H and O–H groups in total. The molecule has 279 valence electrons. The molecule has 4 aromatic heterocycles. The molecule has 7 heteroatoms. The molecule has 0 aliphatic heterocycles. The zero-order valence-electron chi connectivity index (χ0n) is 35.1. The molecule has 3 nitrogen and oxygen atoms in total. The van der Waals surface area contributed by atoms with Crippen LogP contribution in [0.3, 0.4) is 0 Å². The van der Waals surface area contributed by atoms with Crippen LogP contribution in [0.25, 0.3) is 53.5 Å². The van der Waals surface area contributed by atoms with Crippen LogP contribution < -0.4 is 5.19 Å². The van der Waals surface area contributed by atoms with Gasteiger partial charge >= 0.3 is 0 Å². The molecule has 0 unspecified atom stereocenters. The Bertz CT molecular complexity index is 2730. The van der Waals surface area contributed by atoms with Gasteiger partial charge in [-0.25, -0.2) is 0 Å². The number of halogens is 1. The monoisotopic (exact) mass is 938 g/mol. The van der Waals surface area contributed by atoms with E-state index in [1.54, 1.807) is 48.0 Å². The van der Waals surface area contributed by atoms with E-state index in [-0.39, 0.29) is 31.8 Å². The van der Waals surface area contributed by atoms with Crippen LogP contribution >= 0.6 is 11.3 Å². The molecular weight excluding hydrogens is 890 g/mol. The van der Waals surface area contributed by atoms with Crippen molar-refractivity contribution in [2.45, 2.75) is 64.5 Å². The van der Waals surface area contributed by atoms with Crippen LogP contribution in [0, 0.1) is 24.0 Å². The van der Waals surface area contributed by atoms with Gasteiger partial charge in [-0.3, -0.25) is 4.39 Å². The average Bonchev–Trinajstić information content (AvgIpc) is 3.64. The summed E-state index contributed by atoms with van der Waals surface area (Å²) in [6.07, 6.45) is 11.0. The van der Waals surface area contributed by atoms with Crippen molar-refractivity contribution in [2.24, 2.45) is 5.92 Å². The number of thiophene rings is 1. The summed E-state index contributed by atoms with van der Waals surface area (Å²) in [6, 6.07) is 34.7. The molecule has 1 aliphatic carbocycles. The van der Waals surface area contributed by atoms with Crippen molar-refractivity contribution >= 4 is 55.5 Å². The number of hydrogen-bond donors (Lipinski definition) is 0. The summed E-state index contributed by atoms with van der Waals surface area (Å²) < 4.78 is 50.9. The molecule has 4 heterocycles. The van der Waals surface area contributed by atoms with Gasteiger partial charge in [0.05, 0.1) is 8.07 Å². The number of rotatable bonds is 7. The van der Waals surface area contributed by atoms with E-state index >= 15 is 0 Å². The maximum Gasteiger partial charge on any atom is 0.0799 e. The Kier molecular flexibility index (Phi) is 10.6. The molecule has 1 fully saturated rings. The standard InChI is InChI=1S/C27H23N2S.C21H21FNSi.Ir/c1-2-6-18(7-3-1)14-19-12-13-29-25(15-19)24-17-28-16-23-22-11-10-20-8-4-5-9-21(20)26(22)30-27(23)24;1-24(2,3)21-15-23-20(17-9-11-19(22)12-10-17)14-18(21)13-16-7-5-4-6-8-16;/h4-5,8-13,15-16,18H,1-3,6-7,14H2;4-9,11-12,14-15H,13H2,1-3H3;/q2*-1;/i14D2;13D2;. The Labute approximate surface area is 348 Å². The van der Waals surface area contributed by atoms with Gasteiger partial charge in [0.1, 0.15) is 0 Å². The van der Waals surface area contributed by atoms with Crippen LogP contribution in [0.4, 0.5) is 4.39 Å². The molecule has 4 aromatic carbocycles. The molecule has 1 aliphatic rings. The first-order valence-electron chi connectivity index (χ1n) is 20.6. The third kappa shape index (κ3) is 8.87. The van der Waals surface area contributed by atoms with Gasteiger partial charge in [-0.2, -0.15) is 11.3 Å². The van der Waals surface area contributed by atoms with E-state index in [2.05, 4.69) is 83.3 Å². The average molecular weight is 938 g/mol. The van der Waals surface area contributed by atoms with Crippen LogP contribution in [0.1, 0.15) is 54.3 Å². The van der Waals surface area contributed by atoms with E-state index in [0.717, 1.165) is 52.2 Å². The van der Waals surface area contributed by atoms with Crippen molar-refractivity contribution in [3.8, 4) is 22.5 Å². The van der Waals surface area contributed by atoms with Crippen LogP contribution in [-0.2, 0) is 32.9 Å². The molecule has 0 spiro atoms. The van der Waals surface area contributed by atoms with Crippen LogP contribution in [-0.4, -0.2) is 23.0 Å². The predicted molar refractivity (Wildman–Crippen MR) is 228 cm³/mol. The topological polar surface area (TPSA) is 38.7 Å². The number of hydrogen-bond acceptors (Lipinski definition) is 4. The molecule has 55 heavy (non-hydrogen) atoms. The fourth-order valence-electron chi connectivity index (χ4n) is 7.23. The first-order chi connectivity index (χ1) is 27.8. The summed E-state index contributed by atoms with van der Waals surface area (Å²) in [5.74, 6) is -0.285. The quantitative estimate of drug-likeness (QED) is 0.118. The van der Waals surface area contributed by atoms with Gasteiger partial charge in [-0.15, -0.1) is 29.8 Å². The largest absolute Gasteiger partial charge is 0.359 e. The summed E-state index contributed by atoms with van der Waals surface area (Å²) in [7, 11) is -1.83. The number of benzene rings is 4. The second-order valence-corrected chi connectivity index (χ2v) is 21.0. The van der Waals surface area contributed by atoms with E-state index in [0.29, 0.717) is 27.9 Å². The maximum atomic E-state index is 13.2. The second-order valence-electron chi connectivity index (χ2n) is 14.9. The van der Waals surface area contributed by atoms with Crippen molar-refractivity contribution in [3.05, 3.63) is 156 Å². The van der Waals surface area contributed by atoms with Gasteiger partial charge in [0.25, 0.3) is 0 Å². The predicted octanol–water partition coefficient (Wildman–Crippen LogP) is 12.4. The normalized spacial score (nSPS) is 15.0. The Morgan fingerprint density at radius 3 is 2.36 bits per heavy atom. The van der Waals surface area contributed by atoms with Crippen LogP contribution in [0.5, 0.6) is 0 Å². The van der Waals surface area contributed by atoms with Gasteiger partial charge in [0.15, 0.2) is 0 Å². The van der Waals surface area contributed by atoms with E-state index in [4.69, 9.17) is 5.48 Å². The van der Waals surface area contributed by atoms with E-state index in [9.17, 15) is 4.39 Å². The van der Waals surface area contributed by atoms with Gasteiger partial charge < -0.3 is 15.0 Å². The van der Waals surface area contributed by atoms with Crippen molar-refractivity contribution in [3.63, 3.8) is 0 Å². The zero-order valence-corrected chi connectivity index (χ0v) is 35.3. The Hall–Kier alpha value is -4.39. The summed E-state index contributed by atoms with van der Waals surface area (Å²) in [5.41, 5.74) is 4.81. The summed E-state index contributed by atoms with van der Waals surface area (Å²) in [6.45, 7) is 6.54. The Balaban J connectivity index is 0.000000180. The van der Waals surface area contributed by atoms with Gasteiger partial charge in [0, 0.05) is 48.5 Å². The minimum absolute atomic E-state index is 0. The first kappa shape index (κ1) is 33.9. The van der Waals surface area contributed by atoms with Crippen LogP contribution in [0.15, 0.2) is 122 Å². The Morgan fingerprint density at radius 1 is 0.782 bits per heavy atom. The van der Waals surface area contributed by atoms with Crippen LogP contribution in [0.2, 0.25) is 19.6 Å². The van der Waals surface area contributed by atoms with Gasteiger partial charge in [-0.1, -0.05) is 153 Å². The molecule has 8 aromatic rings. The van der Waals surface area contributed by atoms with Crippen molar-refractivity contribution < 1.29 is 30.0 Å². The third-order valence-corrected chi connectivity index (χ3v) is 13.3. The number of nitrogens with zero attached hydrogens (tertiary/aromatic N) is 3. The maximum absolute atomic E-state index is 13.2.